The second-order valence-corrected chi connectivity index (χ2v) is 7.21. The number of anilines is 1. The van der Waals surface area contributed by atoms with Crippen molar-refractivity contribution in [2.24, 2.45) is 4.99 Å². The Balaban J connectivity index is 1.83. The minimum atomic E-state index is -4.16. The smallest absolute Gasteiger partial charge is 0.401 e. The van der Waals surface area contributed by atoms with Crippen LogP contribution in [0.4, 0.5) is 18.9 Å². The molecule has 1 aliphatic rings. The van der Waals surface area contributed by atoms with Gasteiger partial charge in [-0.25, -0.2) is 0 Å². The number of nitrogens with zero attached hydrogens (tertiary/aromatic N) is 3. The maximum Gasteiger partial charge on any atom is 0.401 e. The van der Waals surface area contributed by atoms with Crippen molar-refractivity contribution in [1.29, 1.82) is 0 Å². The van der Waals surface area contributed by atoms with Gasteiger partial charge in [-0.15, -0.1) is 0 Å². The van der Waals surface area contributed by atoms with Gasteiger partial charge in [-0.1, -0.05) is 12.1 Å². The molecule has 0 radical (unpaired) electrons. The number of ether oxygens (including phenoxy) is 1. The summed E-state index contributed by atoms with van der Waals surface area (Å²) in [6.07, 6.45) is -2.62. The predicted molar refractivity (Wildman–Crippen MR) is 111 cm³/mol. The molecule has 0 amide bonds. The molecule has 0 aromatic heterocycles. The fourth-order valence-electron chi connectivity index (χ4n) is 3.42. The van der Waals surface area contributed by atoms with Gasteiger partial charge < -0.3 is 20.3 Å². The molecule has 0 bridgehead atoms. The second-order valence-electron chi connectivity index (χ2n) is 7.21. The second kappa shape index (κ2) is 11.1. The number of halogens is 3. The van der Waals surface area contributed by atoms with E-state index in [1.165, 1.54) is 11.9 Å². The van der Waals surface area contributed by atoms with Crippen LogP contribution in [-0.2, 0) is 0 Å². The summed E-state index contributed by atoms with van der Waals surface area (Å²) >= 11 is 0. The molecular formula is C20H32F3N5O. The van der Waals surface area contributed by atoms with E-state index >= 15 is 0 Å². The van der Waals surface area contributed by atoms with Crippen molar-refractivity contribution in [2.45, 2.75) is 32.0 Å². The first kappa shape index (κ1) is 23.1. The van der Waals surface area contributed by atoms with E-state index in [0.717, 1.165) is 37.5 Å². The van der Waals surface area contributed by atoms with Gasteiger partial charge in [-0.3, -0.25) is 9.89 Å². The number of hydrogen-bond donors (Lipinski definition) is 2. The van der Waals surface area contributed by atoms with E-state index in [0.29, 0.717) is 25.5 Å². The van der Waals surface area contributed by atoms with E-state index < -0.39 is 12.7 Å². The van der Waals surface area contributed by atoms with Gasteiger partial charge in [0.2, 0.25) is 0 Å². The normalized spacial score (nSPS) is 17.7. The molecule has 1 unspecified atom stereocenters. The highest BCUT2D eigenvalue weighted by Crippen LogP contribution is 2.30. The molecule has 0 saturated carbocycles. The van der Waals surface area contributed by atoms with Gasteiger partial charge in [-0.2, -0.15) is 13.2 Å². The van der Waals surface area contributed by atoms with Crippen LogP contribution in [0.25, 0.3) is 0 Å². The molecule has 2 N–H and O–H groups in total. The lowest BCUT2D eigenvalue weighted by Gasteiger charge is -2.22. The van der Waals surface area contributed by atoms with Gasteiger partial charge in [0.05, 0.1) is 19.3 Å². The topological polar surface area (TPSA) is 52.1 Å². The van der Waals surface area contributed by atoms with Gasteiger partial charge in [0.15, 0.2) is 5.96 Å². The summed E-state index contributed by atoms with van der Waals surface area (Å²) in [6.45, 7) is 4.40. The zero-order valence-electron chi connectivity index (χ0n) is 17.4. The molecule has 1 aromatic rings. The van der Waals surface area contributed by atoms with E-state index in [1.807, 2.05) is 25.1 Å². The van der Waals surface area contributed by atoms with Gasteiger partial charge in [0, 0.05) is 32.2 Å². The molecule has 6 nitrogen and oxygen atoms in total. The maximum absolute atomic E-state index is 12.4. The summed E-state index contributed by atoms with van der Waals surface area (Å²) in [4.78, 5) is 8.08. The van der Waals surface area contributed by atoms with Crippen molar-refractivity contribution in [1.82, 2.24) is 15.5 Å². The number of benzene rings is 1. The molecule has 1 saturated heterocycles. The molecule has 1 heterocycles. The predicted octanol–water partition coefficient (Wildman–Crippen LogP) is 2.71. The van der Waals surface area contributed by atoms with Gasteiger partial charge in [0.1, 0.15) is 5.75 Å². The first-order chi connectivity index (χ1) is 13.8. The summed E-state index contributed by atoms with van der Waals surface area (Å²) in [5, 5.41) is 6.66. The number of aliphatic imine (C=N–C) groups is 1. The Morgan fingerprint density at radius 1 is 1.34 bits per heavy atom. The largest absolute Gasteiger partial charge is 0.495 e. The number of hydrogen-bond acceptors (Lipinski definition) is 4. The summed E-state index contributed by atoms with van der Waals surface area (Å²) in [5.74, 6) is 1.56. The minimum absolute atomic E-state index is 0.241. The van der Waals surface area contributed by atoms with Crippen LogP contribution in [0.2, 0.25) is 0 Å². The Morgan fingerprint density at radius 3 is 2.79 bits per heavy atom. The van der Waals surface area contributed by atoms with Gasteiger partial charge >= 0.3 is 6.18 Å². The van der Waals surface area contributed by atoms with E-state index in [2.05, 4.69) is 26.6 Å². The zero-order chi connectivity index (χ0) is 21.3. The third-order valence-corrected chi connectivity index (χ3v) is 4.72. The van der Waals surface area contributed by atoms with E-state index in [-0.39, 0.29) is 6.04 Å². The maximum atomic E-state index is 12.4. The Kier molecular flexibility index (Phi) is 8.88. The van der Waals surface area contributed by atoms with Crippen LogP contribution in [0.5, 0.6) is 5.75 Å². The Morgan fingerprint density at radius 2 is 2.10 bits per heavy atom. The number of methoxy groups -OCH3 is 1. The third-order valence-electron chi connectivity index (χ3n) is 4.72. The highest BCUT2D eigenvalue weighted by atomic mass is 19.4. The molecule has 0 aliphatic carbocycles. The van der Waals surface area contributed by atoms with E-state index in [4.69, 9.17) is 4.74 Å². The number of alkyl halides is 3. The molecule has 9 heteroatoms. The van der Waals surface area contributed by atoms with Crippen LogP contribution in [0, 0.1) is 0 Å². The minimum Gasteiger partial charge on any atom is -0.495 e. The first-order valence-electron chi connectivity index (χ1n) is 10.0. The Hall–Kier alpha value is -2.16. The van der Waals surface area contributed by atoms with Crippen LogP contribution in [0.15, 0.2) is 29.3 Å². The molecule has 29 heavy (non-hydrogen) atoms. The SMILES string of the molecule is CCNC(=NCCCN(C)CC(F)(F)F)NC1CCN(c2ccccc2OC)C1. The average Bonchev–Trinajstić information content (AvgIpc) is 3.12. The Labute approximate surface area is 171 Å². The van der Waals surface area contributed by atoms with Gasteiger partial charge in [0.25, 0.3) is 0 Å². The zero-order valence-corrected chi connectivity index (χ0v) is 17.4. The summed E-state index contributed by atoms with van der Waals surface area (Å²) in [6, 6.07) is 8.21. The van der Waals surface area contributed by atoms with Crippen LogP contribution >= 0.6 is 0 Å². The monoisotopic (exact) mass is 415 g/mol. The molecular weight excluding hydrogens is 383 g/mol. The molecule has 0 spiro atoms. The first-order valence-corrected chi connectivity index (χ1v) is 10.0. The quantitative estimate of drug-likeness (QED) is 0.369. The van der Waals surface area contributed by atoms with Crippen LogP contribution < -0.4 is 20.3 Å². The number of para-hydroxylation sites is 2. The van der Waals surface area contributed by atoms with E-state index in [1.54, 1.807) is 7.11 Å². The highest BCUT2D eigenvalue weighted by molar-refractivity contribution is 5.80. The lowest BCUT2D eigenvalue weighted by Crippen LogP contribution is -2.44. The summed E-state index contributed by atoms with van der Waals surface area (Å²) < 4.78 is 42.6. The molecule has 1 aromatic carbocycles. The van der Waals surface area contributed by atoms with Gasteiger partial charge in [-0.05, 0) is 45.5 Å². The van der Waals surface area contributed by atoms with Crippen molar-refractivity contribution in [3.05, 3.63) is 24.3 Å². The summed E-state index contributed by atoms with van der Waals surface area (Å²) in [5.41, 5.74) is 1.08. The average molecular weight is 416 g/mol. The molecule has 1 atom stereocenters. The van der Waals surface area contributed by atoms with Crippen molar-refractivity contribution in [2.75, 3.05) is 58.3 Å². The fourth-order valence-corrected chi connectivity index (χ4v) is 3.42. The van der Waals surface area contributed by atoms with Crippen molar-refractivity contribution in [3.63, 3.8) is 0 Å². The third kappa shape index (κ3) is 8.00. The van der Waals surface area contributed by atoms with Crippen LogP contribution in [0.1, 0.15) is 19.8 Å². The van der Waals surface area contributed by atoms with Crippen LogP contribution in [0.3, 0.4) is 0 Å². The lowest BCUT2D eigenvalue weighted by atomic mass is 10.2. The lowest BCUT2D eigenvalue weighted by molar-refractivity contribution is -0.143. The van der Waals surface area contributed by atoms with Crippen molar-refractivity contribution >= 4 is 11.6 Å². The van der Waals surface area contributed by atoms with Crippen LogP contribution in [-0.4, -0.2) is 76.5 Å². The molecule has 1 fully saturated rings. The standard InChI is InChI=1S/C20H32F3N5O/c1-4-24-19(25-11-7-12-27(2)15-20(21,22)23)26-16-10-13-28(14-16)17-8-5-6-9-18(17)29-3/h5-6,8-9,16H,4,7,10-15H2,1-3H3,(H2,24,25,26). The van der Waals surface area contributed by atoms with Crippen molar-refractivity contribution in [3.8, 4) is 5.75 Å². The number of nitrogens with one attached hydrogen (secondary N) is 2. The molecule has 2 rings (SSSR count). The number of guanidine groups is 1. The fraction of sp³-hybridized carbons (Fsp3) is 0.650. The molecule has 164 valence electrons. The highest BCUT2D eigenvalue weighted by Gasteiger charge is 2.29. The van der Waals surface area contributed by atoms with Crippen molar-refractivity contribution < 1.29 is 17.9 Å². The number of rotatable bonds is 9. The van der Waals surface area contributed by atoms with E-state index in [9.17, 15) is 13.2 Å². The molecule has 1 aliphatic heterocycles. The summed E-state index contributed by atoms with van der Waals surface area (Å²) in [7, 11) is 3.15. The Bertz CT molecular complexity index is 653.